The van der Waals surface area contributed by atoms with Crippen LogP contribution >= 0.6 is 0 Å². The minimum atomic E-state index is -2.49. The van der Waals surface area contributed by atoms with Gasteiger partial charge in [-0.05, 0) is 5.53 Å². The molecule has 0 heterocycles. The second-order valence-corrected chi connectivity index (χ2v) is 2.24. The van der Waals surface area contributed by atoms with Gasteiger partial charge in [-0.3, -0.25) is 4.18 Å². The van der Waals surface area contributed by atoms with Crippen molar-refractivity contribution in [3.8, 4) is 0 Å². The van der Waals surface area contributed by atoms with E-state index in [1.807, 2.05) is 0 Å². The Hall–Kier alpha value is -0.660. The van der Waals surface area contributed by atoms with Crippen LogP contribution in [0.15, 0.2) is 5.11 Å². The van der Waals surface area contributed by atoms with Crippen molar-refractivity contribution in [2.45, 2.75) is 0 Å². The van der Waals surface area contributed by atoms with Crippen LogP contribution in [0.5, 0.6) is 0 Å². The lowest BCUT2D eigenvalue weighted by Crippen LogP contribution is -2.07. The zero-order chi connectivity index (χ0) is 9.23. The highest BCUT2D eigenvalue weighted by Gasteiger charge is 1.87. The molecule has 8 heteroatoms. The van der Waals surface area contributed by atoms with E-state index in [9.17, 15) is 8.76 Å². The summed E-state index contributed by atoms with van der Waals surface area (Å²) in [4.78, 5) is 2.50. The average molecular weight is 194 g/mol. The third-order valence-electron chi connectivity index (χ3n) is 0.806. The zero-order valence-corrected chi connectivity index (χ0v) is 7.03. The van der Waals surface area contributed by atoms with Crippen LogP contribution in [0.25, 0.3) is 10.4 Å². The van der Waals surface area contributed by atoms with E-state index in [2.05, 4.69) is 14.2 Å². The number of rotatable bonds is 7. The first-order valence-electron chi connectivity index (χ1n) is 3.08. The Labute approximate surface area is 71.8 Å². The summed E-state index contributed by atoms with van der Waals surface area (Å²) in [5.41, 5.74) is 7.84. The van der Waals surface area contributed by atoms with Crippen LogP contribution in [0, 0.1) is 0 Å². The van der Waals surface area contributed by atoms with Gasteiger partial charge in [0.15, 0.2) is 0 Å². The Morgan fingerprint density at radius 1 is 1.50 bits per heavy atom. The van der Waals surface area contributed by atoms with Crippen molar-refractivity contribution in [1.82, 2.24) is 0 Å². The summed E-state index contributed by atoms with van der Waals surface area (Å²) < 4.78 is 28.5. The van der Waals surface area contributed by atoms with Gasteiger partial charge < -0.3 is 9.29 Å². The summed E-state index contributed by atoms with van der Waals surface area (Å²) in [6, 6.07) is 0. The van der Waals surface area contributed by atoms with E-state index in [1.54, 1.807) is 0 Å². The molecule has 1 unspecified atom stereocenters. The molecule has 0 N–H and O–H groups in total. The summed E-state index contributed by atoms with van der Waals surface area (Å²) in [7, 11) is 0. The second kappa shape index (κ2) is 8.44. The third kappa shape index (κ3) is 9.34. The van der Waals surface area contributed by atoms with E-state index in [4.69, 9.17) is 10.3 Å². The topological polar surface area (TPSA) is 107 Å². The highest BCUT2D eigenvalue weighted by atomic mass is 32.2. The molecule has 70 valence electrons. The highest BCUT2D eigenvalue weighted by Crippen LogP contribution is 1.81. The minimum absolute atomic E-state index is 0.0214. The molecular weight excluding hydrogens is 186 g/mol. The van der Waals surface area contributed by atoms with Gasteiger partial charge in [0.1, 0.15) is 0 Å². The summed E-state index contributed by atoms with van der Waals surface area (Å²) >= 11 is -2.49. The fourth-order valence-corrected chi connectivity index (χ4v) is 0.617. The molecule has 0 amide bonds. The molecule has 1 atom stereocenters. The first-order valence-corrected chi connectivity index (χ1v) is 4.08. The van der Waals surface area contributed by atoms with E-state index < -0.39 is 11.4 Å². The Morgan fingerprint density at radius 3 is 2.83 bits per heavy atom. The quantitative estimate of drug-likeness (QED) is 0.188. The lowest BCUT2D eigenvalue weighted by atomic mass is 10.7. The number of hydrogen-bond acceptors (Lipinski definition) is 5. The minimum Gasteiger partial charge on any atom is -0.750 e. The van der Waals surface area contributed by atoms with Gasteiger partial charge in [-0.25, -0.2) is 4.21 Å². The fraction of sp³-hybridized carbons (Fsp3) is 1.00. The molecule has 0 fully saturated rings. The number of nitrogens with zero attached hydrogens (tertiary/aromatic N) is 3. The monoisotopic (exact) mass is 194 g/mol. The Balaban J connectivity index is 3.00. The molecule has 12 heavy (non-hydrogen) atoms. The Bertz CT molecular complexity index is 175. The maximum atomic E-state index is 9.79. The molecule has 0 aliphatic heterocycles. The first kappa shape index (κ1) is 11.3. The first-order chi connectivity index (χ1) is 5.77. The molecule has 0 spiro atoms. The third-order valence-corrected chi connectivity index (χ3v) is 1.17. The van der Waals surface area contributed by atoms with Crippen LogP contribution in [-0.2, 0) is 20.3 Å². The van der Waals surface area contributed by atoms with E-state index in [0.29, 0.717) is 0 Å². The molecule has 0 aromatic rings. The SMILES string of the molecule is [N-]=[N+]=NCCOCCOS(=O)[O-]. The van der Waals surface area contributed by atoms with Crippen molar-refractivity contribution in [3.63, 3.8) is 0 Å². The maximum absolute atomic E-state index is 9.79. The summed E-state index contributed by atoms with van der Waals surface area (Å²) in [5, 5.41) is 3.20. The highest BCUT2D eigenvalue weighted by molar-refractivity contribution is 7.74. The van der Waals surface area contributed by atoms with Gasteiger partial charge in [-0.1, -0.05) is 5.11 Å². The summed E-state index contributed by atoms with van der Waals surface area (Å²) in [6.07, 6.45) is 0. The van der Waals surface area contributed by atoms with Gasteiger partial charge in [0, 0.05) is 11.5 Å². The van der Waals surface area contributed by atoms with Crippen molar-refractivity contribution in [1.29, 1.82) is 0 Å². The van der Waals surface area contributed by atoms with Gasteiger partial charge in [-0.15, -0.1) is 0 Å². The zero-order valence-electron chi connectivity index (χ0n) is 6.21. The van der Waals surface area contributed by atoms with Gasteiger partial charge in [0.25, 0.3) is 0 Å². The fourth-order valence-electron chi connectivity index (χ4n) is 0.413. The van der Waals surface area contributed by atoms with E-state index >= 15 is 0 Å². The van der Waals surface area contributed by atoms with E-state index in [1.165, 1.54) is 0 Å². The predicted octanol–water partition coefficient (Wildman–Crippen LogP) is 0.124. The van der Waals surface area contributed by atoms with Crippen molar-refractivity contribution in [2.24, 2.45) is 5.11 Å². The summed E-state index contributed by atoms with van der Waals surface area (Å²) in [6.45, 7) is 0.636. The normalized spacial score (nSPS) is 12.1. The molecule has 0 rings (SSSR count). The Kier molecular flexibility index (Phi) is 7.97. The molecule has 0 radical (unpaired) electrons. The van der Waals surface area contributed by atoms with Crippen molar-refractivity contribution >= 4 is 11.4 Å². The number of ether oxygens (including phenoxy) is 1. The number of hydrogen-bond donors (Lipinski definition) is 0. The van der Waals surface area contributed by atoms with Gasteiger partial charge >= 0.3 is 0 Å². The van der Waals surface area contributed by atoms with Crippen LogP contribution in [-0.4, -0.2) is 35.1 Å². The van der Waals surface area contributed by atoms with Gasteiger partial charge in [-0.2, -0.15) is 0 Å². The second-order valence-electron chi connectivity index (χ2n) is 1.59. The molecule has 0 saturated carbocycles. The average Bonchev–Trinajstić information content (AvgIpc) is 2.02. The van der Waals surface area contributed by atoms with Crippen molar-refractivity contribution < 1.29 is 17.7 Å². The van der Waals surface area contributed by atoms with Gasteiger partial charge in [0.05, 0.1) is 31.2 Å². The van der Waals surface area contributed by atoms with Crippen LogP contribution in [0.4, 0.5) is 0 Å². The molecule has 0 saturated heterocycles. The Morgan fingerprint density at radius 2 is 2.25 bits per heavy atom. The van der Waals surface area contributed by atoms with Crippen LogP contribution in [0.2, 0.25) is 0 Å². The van der Waals surface area contributed by atoms with Crippen molar-refractivity contribution in [3.05, 3.63) is 10.4 Å². The molecule has 0 bridgehead atoms. The largest absolute Gasteiger partial charge is 0.750 e. The molecule has 0 aromatic carbocycles. The molecular formula is C4H8N3O4S-. The van der Waals surface area contributed by atoms with E-state index in [0.717, 1.165) is 0 Å². The number of azide groups is 1. The van der Waals surface area contributed by atoms with Crippen LogP contribution in [0.1, 0.15) is 0 Å². The molecule has 0 aliphatic rings. The standard InChI is InChI=1S/C4H9N3O4S/c5-7-6-1-2-10-3-4-11-12(8)9/h1-4H2,(H,8,9)/p-1. The molecule has 0 aliphatic carbocycles. The van der Waals surface area contributed by atoms with Crippen LogP contribution < -0.4 is 0 Å². The predicted molar refractivity (Wildman–Crippen MR) is 39.7 cm³/mol. The summed E-state index contributed by atoms with van der Waals surface area (Å²) in [5.74, 6) is 0. The van der Waals surface area contributed by atoms with Gasteiger partial charge in [0.2, 0.25) is 0 Å². The smallest absolute Gasteiger partial charge is 0.0862 e. The lowest BCUT2D eigenvalue weighted by Gasteiger charge is -2.05. The van der Waals surface area contributed by atoms with Crippen LogP contribution in [0.3, 0.4) is 0 Å². The maximum Gasteiger partial charge on any atom is 0.0862 e. The lowest BCUT2D eigenvalue weighted by molar-refractivity contribution is 0.107. The molecule has 0 aromatic heterocycles. The van der Waals surface area contributed by atoms with E-state index in [-0.39, 0.29) is 26.4 Å². The van der Waals surface area contributed by atoms with Crippen molar-refractivity contribution in [2.75, 3.05) is 26.4 Å². The molecule has 7 nitrogen and oxygen atoms in total.